The lowest BCUT2D eigenvalue weighted by atomic mass is 9.89. The second-order valence-corrected chi connectivity index (χ2v) is 9.44. The maximum absolute atomic E-state index is 14.1. The maximum Gasteiger partial charge on any atom is 0.269 e. The van der Waals surface area contributed by atoms with Gasteiger partial charge in [-0.3, -0.25) is 24.5 Å². The quantitative estimate of drug-likeness (QED) is 0.0743. The van der Waals surface area contributed by atoms with Crippen LogP contribution >= 0.6 is 0 Å². The van der Waals surface area contributed by atoms with E-state index >= 15 is 0 Å². The number of rotatable bonds is 6. The highest BCUT2D eigenvalue weighted by Crippen LogP contribution is 2.42. The van der Waals surface area contributed by atoms with Crippen LogP contribution in [0, 0.1) is 21.4 Å². The SMILES string of the molecule is N#Cc1c(-c2ccccc2)oc(C(=C2C(=O)c3ccccc3C2=O)c2ccccc2)c1C(=O)c1ccc([N+](=O)[O-])cc1. The van der Waals surface area contributed by atoms with Crippen LogP contribution in [0.4, 0.5) is 5.69 Å². The molecule has 1 aliphatic carbocycles. The van der Waals surface area contributed by atoms with E-state index in [2.05, 4.69) is 6.07 Å². The summed E-state index contributed by atoms with van der Waals surface area (Å²) in [5.74, 6) is -1.75. The van der Waals surface area contributed by atoms with Gasteiger partial charge in [0.2, 0.25) is 0 Å². The molecule has 0 N–H and O–H groups in total. The number of nitro groups is 1. The summed E-state index contributed by atoms with van der Waals surface area (Å²) in [4.78, 5) is 52.2. The van der Waals surface area contributed by atoms with Gasteiger partial charge in [-0.05, 0) is 17.7 Å². The third kappa shape index (κ3) is 4.22. The van der Waals surface area contributed by atoms with Crippen LogP contribution in [0.5, 0.6) is 0 Å². The number of carbonyl (C=O) groups excluding carboxylic acids is 3. The molecule has 0 aliphatic heterocycles. The lowest BCUT2D eigenvalue weighted by molar-refractivity contribution is -0.384. The number of allylic oxidation sites excluding steroid dienone is 1. The molecule has 0 atom stereocenters. The van der Waals surface area contributed by atoms with E-state index in [4.69, 9.17) is 4.42 Å². The minimum Gasteiger partial charge on any atom is -0.454 e. The summed E-state index contributed by atoms with van der Waals surface area (Å²) in [6.45, 7) is 0. The van der Waals surface area contributed by atoms with Crippen molar-refractivity contribution >= 4 is 28.6 Å². The number of nitro benzene ring substituents is 1. The molecule has 1 aromatic heterocycles. The van der Waals surface area contributed by atoms with Crippen LogP contribution in [0.25, 0.3) is 16.9 Å². The Hall–Kier alpha value is -6.20. The average molecular weight is 551 g/mol. The van der Waals surface area contributed by atoms with Crippen molar-refractivity contribution in [3.63, 3.8) is 0 Å². The van der Waals surface area contributed by atoms with Crippen LogP contribution in [-0.4, -0.2) is 22.3 Å². The summed E-state index contributed by atoms with van der Waals surface area (Å²) >= 11 is 0. The molecule has 8 nitrogen and oxygen atoms in total. The number of nitriles is 1. The van der Waals surface area contributed by atoms with Gasteiger partial charge in [0.1, 0.15) is 17.4 Å². The Labute approximate surface area is 238 Å². The first-order valence-electron chi connectivity index (χ1n) is 12.8. The first-order valence-corrected chi connectivity index (χ1v) is 12.8. The number of nitrogens with zero attached hydrogens (tertiary/aromatic N) is 2. The number of Topliss-reactive ketones (excluding diaryl/α,β-unsaturated/α-hetero) is 2. The van der Waals surface area contributed by atoms with E-state index < -0.39 is 22.3 Å². The number of furan rings is 1. The van der Waals surface area contributed by atoms with Crippen molar-refractivity contribution in [2.45, 2.75) is 0 Å². The number of hydrogen-bond donors (Lipinski definition) is 0. The molecule has 0 spiro atoms. The van der Waals surface area contributed by atoms with Crippen LogP contribution in [0.3, 0.4) is 0 Å². The minimum atomic E-state index is -0.660. The maximum atomic E-state index is 14.1. The summed E-state index contributed by atoms with van der Waals surface area (Å²) in [5, 5.41) is 21.6. The van der Waals surface area contributed by atoms with Gasteiger partial charge in [0, 0.05) is 40.0 Å². The van der Waals surface area contributed by atoms with Gasteiger partial charge in [-0.2, -0.15) is 5.26 Å². The Bertz CT molecular complexity index is 1960. The molecule has 0 fully saturated rings. The topological polar surface area (TPSA) is 131 Å². The van der Waals surface area contributed by atoms with E-state index in [9.17, 15) is 29.8 Å². The van der Waals surface area contributed by atoms with Crippen LogP contribution in [0.15, 0.2) is 119 Å². The van der Waals surface area contributed by atoms with E-state index in [0.29, 0.717) is 11.1 Å². The van der Waals surface area contributed by atoms with E-state index in [1.165, 1.54) is 24.3 Å². The molecule has 8 heteroatoms. The number of ketones is 3. The number of fused-ring (bicyclic) bond motifs is 1. The Balaban J connectivity index is 1.69. The largest absolute Gasteiger partial charge is 0.454 e. The molecule has 1 aliphatic rings. The van der Waals surface area contributed by atoms with Crippen molar-refractivity contribution in [1.29, 1.82) is 5.26 Å². The van der Waals surface area contributed by atoms with E-state index in [1.54, 1.807) is 84.9 Å². The lowest BCUT2D eigenvalue weighted by Gasteiger charge is -2.11. The monoisotopic (exact) mass is 550 g/mol. The molecule has 6 rings (SSSR count). The molecule has 0 radical (unpaired) electrons. The predicted octanol–water partition coefficient (Wildman–Crippen LogP) is 6.84. The normalized spacial score (nSPS) is 12.1. The zero-order chi connectivity index (χ0) is 29.4. The van der Waals surface area contributed by atoms with E-state index in [-0.39, 0.29) is 56.2 Å². The van der Waals surface area contributed by atoms with Gasteiger partial charge in [-0.25, -0.2) is 0 Å². The van der Waals surface area contributed by atoms with Crippen molar-refractivity contribution in [3.05, 3.63) is 164 Å². The molecular weight excluding hydrogens is 532 g/mol. The molecule has 4 aromatic carbocycles. The number of carbonyl (C=O) groups is 3. The van der Waals surface area contributed by atoms with Gasteiger partial charge in [0.05, 0.1) is 16.1 Å². The summed E-state index contributed by atoms with van der Waals surface area (Å²) in [6, 6.07) is 30.7. The highest BCUT2D eigenvalue weighted by Gasteiger charge is 2.39. The number of non-ortho nitro benzene ring substituents is 1. The van der Waals surface area contributed by atoms with Crippen LogP contribution in [0.2, 0.25) is 0 Å². The molecule has 0 saturated carbocycles. The fraction of sp³-hybridized carbons (Fsp3) is 0. The zero-order valence-electron chi connectivity index (χ0n) is 21.7. The van der Waals surface area contributed by atoms with Gasteiger partial charge in [0.25, 0.3) is 5.69 Å². The Kier molecular flexibility index (Phi) is 6.46. The Morgan fingerprint density at radius 2 is 1.29 bits per heavy atom. The molecule has 0 unspecified atom stereocenters. The van der Waals surface area contributed by atoms with Crippen molar-refractivity contribution in [1.82, 2.24) is 0 Å². The molecule has 0 saturated heterocycles. The second-order valence-electron chi connectivity index (χ2n) is 9.44. The molecular formula is C34H18N2O6. The molecule has 1 heterocycles. The Morgan fingerprint density at radius 1 is 0.738 bits per heavy atom. The van der Waals surface area contributed by atoms with E-state index in [0.717, 1.165) is 0 Å². The number of benzene rings is 4. The summed E-state index contributed by atoms with van der Waals surface area (Å²) in [6.07, 6.45) is 0. The fourth-order valence-corrected chi connectivity index (χ4v) is 5.07. The average Bonchev–Trinajstić information content (AvgIpc) is 3.53. The zero-order valence-corrected chi connectivity index (χ0v) is 21.7. The van der Waals surface area contributed by atoms with Crippen molar-refractivity contribution in [3.8, 4) is 17.4 Å². The highest BCUT2D eigenvalue weighted by molar-refractivity contribution is 6.43. The summed E-state index contributed by atoms with van der Waals surface area (Å²) in [7, 11) is 0. The molecule has 0 bridgehead atoms. The third-order valence-electron chi connectivity index (χ3n) is 7.03. The second kappa shape index (κ2) is 10.4. The predicted molar refractivity (Wildman–Crippen MR) is 153 cm³/mol. The van der Waals surface area contributed by atoms with Crippen LogP contribution in [0.1, 0.15) is 53.5 Å². The molecule has 0 amide bonds. The number of hydrogen-bond acceptors (Lipinski definition) is 7. The van der Waals surface area contributed by atoms with Crippen molar-refractivity contribution in [2.24, 2.45) is 0 Å². The van der Waals surface area contributed by atoms with Crippen molar-refractivity contribution in [2.75, 3.05) is 0 Å². The van der Waals surface area contributed by atoms with Gasteiger partial charge >= 0.3 is 0 Å². The lowest BCUT2D eigenvalue weighted by Crippen LogP contribution is -2.10. The highest BCUT2D eigenvalue weighted by atomic mass is 16.6. The van der Waals surface area contributed by atoms with Crippen molar-refractivity contribution < 1.29 is 23.7 Å². The molecule has 5 aromatic rings. The van der Waals surface area contributed by atoms with Crippen LogP contribution < -0.4 is 0 Å². The van der Waals surface area contributed by atoms with E-state index in [1.807, 2.05) is 0 Å². The standard InChI is InChI=1S/C34H18N2O6/c35-19-26-28(30(37)21-15-17-23(18-16-21)36(40)41)34(42-33(26)22-11-5-2-6-12-22)27(20-9-3-1-4-10-20)29-31(38)24-13-7-8-14-25(24)32(29)39/h1-18H. The van der Waals surface area contributed by atoms with Gasteiger partial charge in [-0.15, -0.1) is 0 Å². The first-order chi connectivity index (χ1) is 20.4. The Morgan fingerprint density at radius 3 is 1.83 bits per heavy atom. The fourth-order valence-electron chi connectivity index (χ4n) is 5.07. The minimum absolute atomic E-state index is 0.0588. The third-order valence-corrected chi connectivity index (χ3v) is 7.03. The summed E-state index contributed by atoms with van der Waals surface area (Å²) in [5.41, 5.74) is 0.871. The smallest absolute Gasteiger partial charge is 0.269 e. The van der Waals surface area contributed by atoms with Gasteiger partial charge in [0.15, 0.2) is 23.1 Å². The first kappa shape index (κ1) is 26.0. The molecule has 200 valence electrons. The van der Waals surface area contributed by atoms with Gasteiger partial charge < -0.3 is 4.42 Å². The molecule has 42 heavy (non-hydrogen) atoms. The summed E-state index contributed by atoms with van der Waals surface area (Å²) < 4.78 is 6.34. The van der Waals surface area contributed by atoms with Gasteiger partial charge in [-0.1, -0.05) is 84.9 Å². The van der Waals surface area contributed by atoms with Crippen LogP contribution in [-0.2, 0) is 0 Å².